The molecule has 0 aliphatic carbocycles. The smallest absolute Gasteiger partial charge is 0.0385 e. The van der Waals surface area contributed by atoms with Crippen molar-refractivity contribution in [3.05, 3.63) is 41.5 Å². The summed E-state index contributed by atoms with van der Waals surface area (Å²) in [4.78, 5) is 2.25. The molecule has 0 saturated carbocycles. The minimum Gasteiger partial charge on any atom is -0.299 e. The molecule has 0 heterocycles. The normalized spacial score (nSPS) is 15.7. The van der Waals surface area contributed by atoms with Crippen molar-refractivity contribution in [3.63, 3.8) is 0 Å². The molecule has 0 N–H and O–H groups in total. The Balaban J connectivity index is 2.56. The van der Waals surface area contributed by atoms with Gasteiger partial charge < -0.3 is 0 Å². The van der Waals surface area contributed by atoms with E-state index in [1.807, 2.05) is 18.2 Å². The van der Waals surface area contributed by atoms with Gasteiger partial charge in [0.2, 0.25) is 0 Å². The van der Waals surface area contributed by atoms with E-state index in [1.54, 1.807) is 6.26 Å². The molecule has 0 aromatic heterocycles. The summed E-state index contributed by atoms with van der Waals surface area (Å²) in [5.74, 6) is 0.731. The van der Waals surface area contributed by atoms with Crippen LogP contribution >= 0.6 is 0 Å². The summed E-state index contributed by atoms with van der Waals surface area (Å²) in [6, 6.07) is 10.7. The van der Waals surface area contributed by atoms with Crippen LogP contribution in [0.1, 0.15) is 19.4 Å². The van der Waals surface area contributed by atoms with Gasteiger partial charge in [0.1, 0.15) is 0 Å². The van der Waals surface area contributed by atoms with Gasteiger partial charge in [-0.3, -0.25) is 9.11 Å². The fourth-order valence-electron chi connectivity index (χ4n) is 1.90. The minimum absolute atomic E-state index is 0.343. The summed E-state index contributed by atoms with van der Waals surface area (Å²) in [7, 11) is 1.35. The Labute approximate surface area is 113 Å². The van der Waals surface area contributed by atoms with Gasteiger partial charge in [-0.05, 0) is 26.5 Å². The van der Waals surface area contributed by atoms with Crippen LogP contribution < -0.4 is 0 Å². The highest BCUT2D eigenvalue weighted by Crippen LogP contribution is 2.08. The zero-order valence-corrected chi connectivity index (χ0v) is 12.5. The Morgan fingerprint density at radius 2 is 2.00 bits per heavy atom. The molecule has 0 fully saturated rings. The number of hydrogen-bond donors (Lipinski definition) is 0. The van der Waals surface area contributed by atoms with Crippen LogP contribution in [0.15, 0.2) is 35.9 Å². The third-order valence-electron chi connectivity index (χ3n) is 2.94. The van der Waals surface area contributed by atoms with Crippen molar-refractivity contribution in [3.8, 4) is 0 Å². The predicted molar refractivity (Wildman–Crippen MR) is 81.1 cm³/mol. The molecule has 0 saturated heterocycles. The molecule has 0 radical (unpaired) electrons. The summed E-state index contributed by atoms with van der Waals surface area (Å²) >= 11 is 0. The van der Waals surface area contributed by atoms with Crippen LogP contribution in [0.25, 0.3) is 6.08 Å². The van der Waals surface area contributed by atoms with E-state index in [2.05, 4.69) is 44.0 Å². The third kappa shape index (κ3) is 5.61. The molecule has 0 spiro atoms. The van der Waals surface area contributed by atoms with Crippen LogP contribution in [0, 0.1) is 0 Å². The average Bonchev–Trinajstić information content (AvgIpc) is 2.29. The highest BCUT2D eigenvalue weighted by Gasteiger charge is 2.10. The fraction of sp³-hybridized carbons (Fsp3) is 0.467. The lowest BCUT2D eigenvalue weighted by Gasteiger charge is -2.24. The summed E-state index contributed by atoms with van der Waals surface area (Å²) in [6.45, 7) is 5.17. The number of nitrogens with zero attached hydrogens (tertiary/aromatic N) is 1. The first-order chi connectivity index (χ1) is 8.49. The van der Waals surface area contributed by atoms with Crippen LogP contribution in [0.4, 0.5) is 0 Å². The minimum atomic E-state index is -0.730. The van der Waals surface area contributed by atoms with Gasteiger partial charge in [0.05, 0.1) is 0 Å². The molecular weight excluding hydrogens is 242 g/mol. The van der Waals surface area contributed by atoms with E-state index in [-0.39, 0.29) is 0 Å². The van der Waals surface area contributed by atoms with Crippen molar-refractivity contribution in [2.75, 3.05) is 25.6 Å². The molecule has 2 nitrogen and oxygen atoms in total. The predicted octanol–water partition coefficient (Wildman–Crippen LogP) is 2.79. The van der Waals surface area contributed by atoms with Crippen molar-refractivity contribution < 1.29 is 4.21 Å². The average molecular weight is 265 g/mol. The Hall–Kier alpha value is -0.930. The number of benzene rings is 1. The van der Waals surface area contributed by atoms with Gasteiger partial charge in [-0.25, -0.2) is 0 Å². The lowest BCUT2D eigenvalue weighted by Crippen LogP contribution is -2.34. The third-order valence-corrected chi connectivity index (χ3v) is 3.89. The first-order valence-electron chi connectivity index (χ1n) is 6.21. The van der Waals surface area contributed by atoms with Crippen LogP contribution in [0.3, 0.4) is 0 Å². The quantitative estimate of drug-likeness (QED) is 0.788. The molecular formula is C15H23NOS. The Kier molecular flexibility index (Phi) is 6.30. The molecule has 0 bridgehead atoms. The molecule has 18 heavy (non-hydrogen) atoms. The van der Waals surface area contributed by atoms with E-state index in [0.717, 1.165) is 12.3 Å². The second-order valence-electron chi connectivity index (χ2n) is 4.91. The topological polar surface area (TPSA) is 20.3 Å². The van der Waals surface area contributed by atoms with E-state index in [1.165, 1.54) is 11.1 Å². The van der Waals surface area contributed by atoms with Crippen molar-refractivity contribution >= 4 is 16.9 Å². The first kappa shape index (κ1) is 15.1. The maximum absolute atomic E-state index is 11.2. The van der Waals surface area contributed by atoms with Crippen LogP contribution in [0.5, 0.6) is 0 Å². The zero-order valence-electron chi connectivity index (χ0n) is 11.7. The van der Waals surface area contributed by atoms with E-state index in [0.29, 0.717) is 6.04 Å². The van der Waals surface area contributed by atoms with Crippen molar-refractivity contribution in [1.82, 2.24) is 4.90 Å². The van der Waals surface area contributed by atoms with Crippen LogP contribution in [-0.4, -0.2) is 40.8 Å². The lowest BCUT2D eigenvalue weighted by molar-refractivity contribution is 0.300. The number of likely N-dealkylation sites (N-methyl/N-ethyl adjacent to an activating group) is 1. The van der Waals surface area contributed by atoms with Crippen molar-refractivity contribution in [2.24, 2.45) is 0 Å². The van der Waals surface area contributed by atoms with Gasteiger partial charge in [-0.2, -0.15) is 0 Å². The summed E-state index contributed by atoms with van der Waals surface area (Å²) in [5, 5.41) is 0. The van der Waals surface area contributed by atoms with E-state index < -0.39 is 10.8 Å². The van der Waals surface area contributed by atoms with Crippen molar-refractivity contribution in [2.45, 2.75) is 19.9 Å². The Bertz CT molecular complexity index is 414. The molecule has 0 aliphatic rings. The van der Waals surface area contributed by atoms with E-state index in [4.69, 9.17) is 0 Å². The van der Waals surface area contributed by atoms with Crippen LogP contribution in [0.2, 0.25) is 0 Å². The second kappa shape index (κ2) is 7.49. The molecule has 1 aromatic rings. The largest absolute Gasteiger partial charge is 0.299 e. The SMILES string of the molecule is CC(=Cc1ccccc1)CN(C)C(C)CS(C)=O. The molecule has 2 atom stereocenters. The Morgan fingerprint density at radius 3 is 2.56 bits per heavy atom. The lowest BCUT2D eigenvalue weighted by atomic mass is 10.1. The highest BCUT2D eigenvalue weighted by atomic mass is 32.2. The monoisotopic (exact) mass is 265 g/mol. The molecule has 1 rings (SSSR count). The van der Waals surface area contributed by atoms with Gasteiger partial charge in [0.15, 0.2) is 0 Å². The number of rotatable bonds is 6. The second-order valence-corrected chi connectivity index (χ2v) is 6.39. The highest BCUT2D eigenvalue weighted by molar-refractivity contribution is 7.84. The van der Waals surface area contributed by atoms with Crippen LogP contribution in [-0.2, 0) is 10.8 Å². The first-order valence-corrected chi connectivity index (χ1v) is 7.94. The van der Waals surface area contributed by atoms with Gasteiger partial charge in [-0.1, -0.05) is 42.0 Å². The summed E-state index contributed by atoms with van der Waals surface area (Å²) in [5.41, 5.74) is 2.55. The molecule has 100 valence electrons. The standard InChI is InChI=1S/C15H23NOS/c1-13(10-15-8-6-5-7-9-15)11-16(3)14(2)12-18(4)17/h5-10,14H,11-12H2,1-4H3. The molecule has 0 aliphatic heterocycles. The fourth-order valence-corrected chi connectivity index (χ4v) is 2.83. The Morgan fingerprint density at radius 1 is 1.39 bits per heavy atom. The maximum Gasteiger partial charge on any atom is 0.0385 e. The van der Waals surface area contributed by atoms with Gasteiger partial charge >= 0.3 is 0 Å². The maximum atomic E-state index is 11.2. The zero-order chi connectivity index (χ0) is 13.5. The van der Waals surface area contributed by atoms with E-state index >= 15 is 0 Å². The van der Waals surface area contributed by atoms with Crippen molar-refractivity contribution in [1.29, 1.82) is 0 Å². The summed E-state index contributed by atoms with van der Waals surface area (Å²) in [6.07, 6.45) is 3.96. The van der Waals surface area contributed by atoms with Gasteiger partial charge in [0.25, 0.3) is 0 Å². The van der Waals surface area contributed by atoms with Gasteiger partial charge in [0, 0.05) is 35.4 Å². The number of hydrogen-bond acceptors (Lipinski definition) is 2. The van der Waals surface area contributed by atoms with E-state index in [9.17, 15) is 4.21 Å². The molecule has 2 unspecified atom stereocenters. The molecule has 3 heteroatoms. The molecule has 1 aromatic carbocycles. The molecule has 0 amide bonds. The summed E-state index contributed by atoms with van der Waals surface area (Å²) < 4.78 is 11.2. The van der Waals surface area contributed by atoms with Gasteiger partial charge in [-0.15, -0.1) is 0 Å².